The van der Waals surface area contributed by atoms with E-state index in [4.69, 9.17) is 9.47 Å². The van der Waals surface area contributed by atoms with Crippen molar-refractivity contribution in [1.29, 1.82) is 0 Å². The number of anilines is 1. The van der Waals surface area contributed by atoms with Crippen LogP contribution in [-0.2, 0) is 16.6 Å². The molecule has 0 aliphatic rings. The second-order valence-corrected chi connectivity index (χ2v) is 8.39. The average Bonchev–Trinajstić information content (AvgIpc) is 3.25. The number of fused-ring (bicyclic) bond motifs is 1. The van der Waals surface area contributed by atoms with Gasteiger partial charge in [-0.1, -0.05) is 18.2 Å². The molecule has 4 rings (SSSR count). The highest BCUT2D eigenvalue weighted by molar-refractivity contribution is 7.92. The summed E-state index contributed by atoms with van der Waals surface area (Å²) in [7, 11) is -0.791. The first-order chi connectivity index (χ1) is 14.5. The van der Waals surface area contributed by atoms with Crippen LogP contribution in [0.4, 0.5) is 5.69 Å². The van der Waals surface area contributed by atoms with E-state index in [1.54, 1.807) is 49.0 Å². The molecule has 0 bridgehead atoms. The molecule has 0 aliphatic carbocycles. The molecule has 8 nitrogen and oxygen atoms in total. The molecule has 0 amide bonds. The van der Waals surface area contributed by atoms with Crippen LogP contribution in [0.2, 0.25) is 0 Å². The molecule has 0 saturated heterocycles. The average molecular weight is 424 g/mol. The maximum Gasteiger partial charge on any atom is 0.266 e. The largest absolute Gasteiger partial charge is 0.497 e. The highest BCUT2D eigenvalue weighted by Gasteiger charge is 2.26. The molecule has 0 N–H and O–H groups in total. The number of rotatable bonds is 7. The maximum atomic E-state index is 13.7. The molecular weight excluding hydrogens is 404 g/mol. The maximum absolute atomic E-state index is 13.7. The van der Waals surface area contributed by atoms with Gasteiger partial charge in [0.25, 0.3) is 10.0 Å². The lowest BCUT2D eigenvalue weighted by Crippen LogP contribution is -2.30. The molecule has 2 aromatic carbocycles. The highest BCUT2D eigenvalue weighted by atomic mass is 32.2. The monoisotopic (exact) mass is 424 g/mol. The number of pyridine rings is 1. The number of hydrogen-bond donors (Lipinski definition) is 0. The SMILES string of the molecule is COc1cccc(CN(c2cccc(OC)c2)S(=O)(=O)c2ccc3nncn3c2)c1. The smallest absolute Gasteiger partial charge is 0.266 e. The van der Waals surface area contributed by atoms with Crippen molar-refractivity contribution in [2.45, 2.75) is 11.4 Å². The summed E-state index contributed by atoms with van der Waals surface area (Å²) in [6.45, 7) is 0.118. The standard InChI is InChI=1S/C21H20N4O4S/c1-28-18-7-3-5-16(11-18)13-25(17-6-4-8-19(12-17)29-2)30(26,27)20-9-10-21-23-22-15-24(21)14-20/h3-12,14-15H,13H2,1-2H3. The van der Waals surface area contributed by atoms with Gasteiger partial charge in [0.05, 0.1) is 26.5 Å². The molecule has 4 aromatic rings. The Bertz CT molecular complexity index is 1290. The van der Waals surface area contributed by atoms with E-state index in [9.17, 15) is 8.42 Å². The van der Waals surface area contributed by atoms with Gasteiger partial charge < -0.3 is 9.47 Å². The summed E-state index contributed by atoms with van der Waals surface area (Å²) in [6, 6.07) is 17.4. The van der Waals surface area contributed by atoms with Crippen molar-refractivity contribution in [1.82, 2.24) is 14.6 Å². The van der Waals surface area contributed by atoms with Crippen LogP contribution in [0, 0.1) is 0 Å². The summed E-state index contributed by atoms with van der Waals surface area (Å²) in [5, 5.41) is 7.74. The van der Waals surface area contributed by atoms with Gasteiger partial charge in [-0.2, -0.15) is 0 Å². The van der Waals surface area contributed by atoms with E-state index in [1.807, 2.05) is 24.3 Å². The zero-order valence-electron chi connectivity index (χ0n) is 16.5. The van der Waals surface area contributed by atoms with Gasteiger partial charge in [-0.05, 0) is 42.0 Å². The first-order valence-electron chi connectivity index (χ1n) is 9.10. The molecule has 30 heavy (non-hydrogen) atoms. The molecule has 0 unspecified atom stereocenters. The van der Waals surface area contributed by atoms with Crippen molar-refractivity contribution in [2.24, 2.45) is 0 Å². The lowest BCUT2D eigenvalue weighted by molar-refractivity contribution is 0.414. The lowest BCUT2D eigenvalue weighted by atomic mass is 10.2. The van der Waals surface area contributed by atoms with Gasteiger partial charge in [-0.3, -0.25) is 8.71 Å². The van der Waals surface area contributed by atoms with Gasteiger partial charge >= 0.3 is 0 Å². The molecular formula is C21H20N4O4S. The molecule has 0 aliphatic heterocycles. The summed E-state index contributed by atoms with van der Waals surface area (Å²) in [5.41, 5.74) is 1.84. The predicted octanol–water partition coefficient (Wildman–Crippen LogP) is 3.14. The highest BCUT2D eigenvalue weighted by Crippen LogP contribution is 2.29. The Labute approximate surface area is 174 Å². The van der Waals surface area contributed by atoms with Crippen LogP contribution < -0.4 is 13.8 Å². The Morgan fingerprint density at radius 2 is 1.70 bits per heavy atom. The van der Waals surface area contributed by atoms with Crippen LogP contribution in [0.15, 0.2) is 78.1 Å². The van der Waals surface area contributed by atoms with Gasteiger partial charge in [0.15, 0.2) is 5.65 Å². The number of methoxy groups -OCH3 is 2. The Morgan fingerprint density at radius 1 is 0.967 bits per heavy atom. The number of ether oxygens (including phenoxy) is 2. The van der Waals surface area contributed by atoms with Gasteiger partial charge in [0, 0.05) is 12.3 Å². The summed E-state index contributed by atoms with van der Waals surface area (Å²) >= 11 is 0. The molecule has 2 aromatic heterocycles. The third-order valence-corrected chi connectivity index (χ3v) is 6.41. The van der Waals surface area contributed by atoms with Crippen LogP contribution in [0.3, 0.4) is 0 Å². The second-order valence-electron chi connectivity index (χ2n) is 6.53. The van der Waals surface area contributed by atoms with E-state index in [2.05, 4.69) is 10.2 Å². The van der Waals surface area contributed by atoms with Crippen LogP contribution >= 0.6 is 0 Å². The van der Waals surface area contributed by atoms with Crippen molar-refractivity contribution in [3.05, 3.63) is 78.8 Å². The quantitative estimate of drug-likeness (QED) is 0.453. The van der Waals surface area contributed by atoms with Crippen molar-refractivity contribution in [3.8, 4) is 11.5 Å². The van der Waals surface area contributed by atoms with Gasteiger partial charge in [0.2, 0.25) is 0 Å². The van der Waals surface area contributed by atoms with E-state index >= 15 is 0 Å². The molecule has 0 saturated carbocycles. The topological polar surface area (TPSA) is 86.0 Å². The van der Waals surface area contributed by atoms with Crippen LogP contribution in [0.5, 0.6) is 11.5 Å². The molecule has 0 atom stereocenters. The Morgan fingerprint density at radius 3 is 2.47 bits per heavy atom. The van der Waals surface area contributed by atoms with Crippen molar-refractivity contribution >= 4 is 21.4 Å². The van der Waals surface area contributed by atoms with Gasteiger partial charge in [-0.15, -0.1) is 10.2 Å². The van der Waals surface area contributed by atoms with Crippen LogP contribution in [0.1, 0.15) is 5.56 Å². The predicted molar refractivity (Wildman–Crippen MR) is 112 cm³/mol. The fourth-order valence-electron chi connectivity index (χ4n) is 3.10. The van der Waals surface area contributed by atoms with Gasteiger partial charge in [-0.25, -0.2) is 8.42 Å². The third-order valence-electron chi connectivity index (χ3n) is 4.65. The summed E-state index contributed by atoms with van der Waals surface area (Å²) in [4.78, 5) is 0.125. The Hall–Kier alpha value is -3.59. The number of benzene rings is 2. The zero-order valence-corrected chi connectivity index (χ0v) is 17.3. The number of sulfonamides is 1. The van der Waals surface area contributed by atoms with Crippen LogP contribution in [0.25, 0.3) is 5.65 Å². The van der Waals surface area contributed by atoms with Crippen molar-refractivity contribution < 1.29 is 17.9 Å². The number of aromatic nitrogens is 3. The van der Waals surface area contributed by atoms with Crippen molar-refractivity contribution in [3.63, 3.8) is 0 Å². The fourth-order valence-corrected chi connectivity index (χ4v) is 4.56. The minimum atomic E-state index is -3.91. The van der Waals surface area contributed by atoms with Gasteiger partial charge in [0.1, 0.15) is 22.7 Å². The van der Waals surface area contributed by atoms with E-state index in [0.29, 0.717) is 22.8 Å². The third kappa shape index (κ3) is 3.79. The molecule has 0 spiro atoms. The first kappa shape index (κ1) is 19.7. The fraction of sp³-hybridized carbons (Fsp3) is 0.143. The molecule has 9 heteroatoms. The van der Waals surface area contributed by atoms with E-state index in [1.165, 1.54) is 22.9 Å². The van der Waals surface area contributed by atoms with Crippen LogP contribution in [-0.4, -0.2) is 37.2 Å². The Balaban J connectivity index is 1.82. The molecule has 0 radical (unpaired) electrons. The molecule has 154 valence electrons. The minimum Gasteiger partial charge on any atom is -0.497 e. The lowest BCUT2D eigenvalue weighted by Gasteiger charge is -2.25. The van der Waals surface area contributed by atoms with E-state index in [0.717, 1.165) is 5.56 Å². The number of nitrogens with zero attached hydrogens (tertiary/aromatic N) is 4. The summed E-state index contributed by atoms with van der Waals surface area (Å²) in [5.74, 6) is 1.22. The molecule has 0 fully saturated rings. The second kappa shape index (κ2) is 8.03. The number of hydrogen-bond acceptors (Lipinski definition) is 6. The first-order valence-corrected chi connectivity index (χ1v) is 10.5. The minimum absolute atomic E-state index is 0.118. The van der Waals surface area contributed by atoms with E-state index in [-0.39, 0.29) is 11.4 Å². The zero-order chi connectivity index (χ0) is 21.1. The Kier molecular flexibility index (Phi) is 5.28. The molecule has 2 heterocycles. The summed E-state index contributed by atoms with van der Waals surface area (Å²) in [6.07, 6.45) is 2.97. The van der Waals surface area contributed by atoms with E-state index < -0.39 is 10.0 Å². The van der Waals surface area contributed by atoms with Crippen molar-refractivity contribution in [2.75, 3.05) is 18.5 Å². The summed E-state index contributed by atoms with van der Waals surface area (Å²) < 4.78 is 40.8. The normalized spacial score (nSPS) is 11.4.